The molecule has 0 saturated heterocycles. The minimum absolute atomic E-state index is 0.00243. The lowest BCUT2D eigenvalue weighted by Gasteiger charge is -2.18. The number of methoxy groups -OCH3 is 2. The van der Waals surface area contributed by atoms with Crippen molar-refractivity contribution in [2.75, 3.05) is 14.2 Å². The van der Waals surface area contributed by atoms with Crippen LogP contribution < -0.4 is 19.1 Å². The molecule has 0 aliphatic carbocycles. The topological polar surface area (TPSA) is 86.6 Å². The Kier molecular flexibility index (Phi) is 6.02. The van der Waals surface area contributed by atoms with Crippen LogP contribution in [-0.2, 0) is 10.0 Å². The lowest BCUT2D eigenvalue weighted by Crippen LogP contribution is -2.27. The molecule has 0 radical (unpaired) electrons. The van der Waals surface area contributed by atoms with Gasteiger partial charge in [-0.2, -0.15) is 0 Å². The van der Waals surface area contributed by atoms with Crippen LogP contribution in [0.2, 0.25) is 0 Å². The summed E-state index contributed by atoms with van der Waals surface area (Å²) in [5.74, 6) is 1.16. The van der Waals surface area contributed by atoms with Crippen LogP contribution in [0.25, 0.3) is 10.2 Å². The monoisotopic (exact) mass is 436 g/mol. The highest BCUT2D eigenvalue weighted by molar-refractivity contribution is 7.89. The number of nitrogens with zero attached hydrogens (tertiary/aromatic N) is 1. The zero-order valence-electron chi connectivity index (χ0n) is 16.9. The van der Waals surface area contributed by atoms with Crippen molar-refractivity contribution < 1.29 is 17.9 Å². The van der Waals surface area contributed by atoms with Crippen molar-refractivity contribution in [1.29, 1.82) is 0 Å². The Morgan fingerprint density at radius 3 is 2.38 bits per heavy atom. The Balaban J connectivity index is 1.96. The van der Waals surface area contributed by atoms with Crippen LogP contribution in [0.15, 0.2) is 46.1 Å². The Bertz CT molecular complexity index is 1200. The van der Waals surface area contributed by atoms with Gasteiger partial charge in [0.2, 0.25) is 10.0 Å². The van der Waals surface area contributed by atoms with Crippen molar-refractivity contribution in [2.45, 2.75) is 37.8 Å². The summed E-state index contributed by atoms with van der Waals surface area (Å²) >= 11 is 1.04. The van der Waals surface area contributed by atoms with E-state index in [4.69, 9.17) is 9.47 Å². The number of thiazole rings is 1. The number of fused-ring (bicyclic) bond motifs is 1. The summed E-state index contributed by atoms with van der Waals surface area (Å²) in [6.45, 7) is 5.58. The van der Waals surface area contributed by atoms with Crippen LogP contribution in [0, 0.1) is 0 Å². The number of aromatic nitrogens is 1. The molecule has 0 bridgehead atoms. The van der Waals surface area contributed by atoms with Gasteiger partial charge in [-0.3, -0.25) is 9.36 Å². The van der Waals surface area contributed by atoms with Gasteiger partial charge < -0.3 is 9.47 Å². The van der Waals surface area contributed by atoms with Gasteiger partial charge in [0.1, 0.15) is 11.5 Å². The maximum atomic E-state index is 13.0. The molecular formula is C20H24N2O5S2. The second kappa shape index (κ2) is 8.17. The second-order valence-corrected chi connectivity index (χ2v) is 9.62. The third-order valence-electron chi connectivity index (χ3n) is 4.65. The molecule has 3 rings (SSSR count). The van der Waals surface area contributed by atoms with Gasteiger partial charge in [-0.25, -0.2) is 13.1 Å². The highest BCUT2D eigenvalue weighted by Gasteiger charge is 2.22. The molecular weight excluding hydrogens is 412 g/mol. The molecule has 0 aliphatic heterocycles. The van der Waals surface area contributed by atoms with Crippen molar-refractivity contribution in [2.24, 2.45) is 0 Å². The van der Waals surface area contributed by atoms with Gasteiger partial charge in [0.25, 0.3) is 0 Å². The van der Waals surface area contributed by atoms with Gasteiger partial charge in [0.05, 0.1) is 29.3 Å². The summed E-state index contributed by atoms with van der Waals surface area (Å²) in [5, 5.41) is 0. The van der Waals surface area contributed by atoms with E-state index in [1.165, 1.54) is 19.2 Å². The van der Waals surface area contributed by atoms with E-state index in [0.29, 0.717) is 21.8 Å². The van der Waals surface area contributed by atoms with Crippen LogP contribution in [0.5, 0.6) is 11.5 Å². The van der Waals surface area contributed by atoms with Crippen molar-refractivity contribution in [3.63, 3.8) is 0 Å². The van der Waals surface area contributed by atoms with Gasteiger partial charge in [0.15, 0.2) is 0 Å². The first kappa shape index (κ1) is 21.4. The minimum atomic E-state index is -3.82. The number of hydrogen-bond donors (Lipinski definition) is 1. The SMILES string of the molecule is COc1ccc(OC)c([C@@H](C)NS(=O)(=O)c2ccc3c(c2)sc(=O)n3C(C)C)c1. The maximum absolute atomic E-state index is 13.0. The van der Waals surface area contributed by atoms with E-state index in [1.807, 2.05) is 13.8 Å². The minimum Gasteiger partial charge on any atom is -0.497 e. The molecule has 0 spiro atoms. The first-order valence-electron chi connectivity index (χ1n) is 9.07. The largest absolute Gasteiger partial charge is 0.497 e. The van der Waals surface area contributed by atoms with E-state index in [2.05, 4.69) is 4.72 Å². The summed E-state index contributed by atoms with van der Waals surface area (Å²) in [4.78, 5) is 12.2. The molecule has 0 fully saturated rings. The molecule has 156 valence electrons. The predicted octanol–water partition coefficient (Wildman–Crippen LogP) is 3.70. The fourth-order valence-electron chi connectivity index (χ4n) is 3.22. The number of sulfonamides is 1. The van der Waals surface area contributed by atoms with Crippen molar-refractivity contribution in [1.82, 2.24) is 9.29 Å². The number of hydrogen-bond acceptors (Lipinski definition) is 6. The number of rotatable bonds is 7. The van der Waals surface area contributed by atoms with Gasteiger partial charge >= 0.3 is 4.87 Å². The first-order valence-corrected chi connectivity index (χ1v) is 11.4. The van der Waals surface area contributed by atoms with Gasteiger partial charge in [-0.1, -0.05) is 11.3 Å². The van der Waals surface area contributed by atoms with Gasteiger partial charge in [0, 0.05) is 17.6 Å². The van der Waals surface area contributed by atoms with Crippen LogP contribution in [-0.4, -0.2) is 27.2 Å². The molecule has 1 N–H and O–H groups in total. The lowest BCUT2D eigenvalue weighted by atomic mass is 10.1. The van der Waals surface area contributed by atoms with E-state index in [1.54, 1.807) is 42.9 Å². The van der Waals surface area contributed by atoms with Crippen molar-refractivity contribution in [3.05, 3.63) is 51.6 Å². The van der Waals surface area contributed by atoms with Crippen LogP contribution >= 0.6 is 11.3 Å². The van der Waals surface area contributed by atoms with E-state index in [-0.39, 0.29) is 15.8 Å². The number of ether oxygens (including phenoxy) is 2. The maximum Gasteiger partial charge on any atom is 0.308 e. The third kappa shape index (κ3) is 4.17. The van der Waals surface area contributed by atoms with Gasteiger partial charge in [-0.15, -0.1) is 0 Å². The average molecular weight is 437 g/mol. The zero-order valence-corrected chi connectivity index (χ0v) is 18.6. The van der Waals surface area contributed by atoms with E-state index in [0.717, 1.165) is 16.9 Å². The zero-order chi connectivity index (χ0) is 21.3. The molecule has 1 atom stereocenters. The molecule has 0 unspecified atom stereocenters. The summed E-state index contributed by atoms with van der Waals surface area (Å²) in [7, 11) is -0.743. The molecule has 1 heterocycles. The normalized spacial score (nSPS) is 13.0. The van der Waals surface area contributed by atoms with Gasteiger partial charge in [-0.05, 0) is 57.2 Å². The Labute approximate surface area is 173 Å². The molecule has 29 heavy (non-hydrogen) atoms. The van der Waals surface area contributed by atoms with Crippen LogP contribution in [0.3, 0.4) is 0 Å². The quantitative estimate of drug-likeness (QED) is 0.610. The fraction of sp³-hybridized carbons (Fsp3) is 0.350. The molecule has 0 aliphatic rings. The van der Waals surface area contributed by atoms with E-state index < -0.39 is 16.1 Å². The molecule has 7 nitrogen and oxygen atoms in total. The van der Waals surface area contributed by atoms with Crippen LogP contribution in [0.1, 0.15) is 38.4 Å². The molecule has 0 amide bonds. The second-order valence-electron chi connectivity index (χ2n) is 6.91. The molecule has 9 heteroatoms. The molecule has 0 saturated carbocycles. The summed E-state index contributed by atoms with van der Waals surface area (Å²) < 4.78 is 41.5. The predicted molar refractivity (Wildman–Crippen MR) is 115 cm³/mol. The third-order valence-corrected chi connectivity index (χ3v) is 7.10. The Hall–Kier alpha value is -2.36. The van der Waals surface area contributed by atoms with Crippen molar-refractivity contribution in [3.8, 4) is 11.5 Å². The summed E-state index contributed by atoms with van der Waals surface area (Å²) in [6, 6.07) is 9.40. The highest BCUT2D eigenvalue weighted by atomic mass is 32.2. The fourth-order valence-corrected chi connectivity index (χ4v) is 5.59. The number of benzene rings is 2. The summed E-state index contributed by atoms with van der Waals surface area (Å²) in [5.41, 5.74) is 1.39. The lowest BCUT2D eigenvalue weighted by molar-refractivity contribution is 0.395. The van der Waals surface area contributed by atoms with Crippen LogP contribution in [0.4, 0.5) is 0 Å². The average Bonchev–Trinajstić information content (AvgIpc) is 3.02. The Morgan fingerprint density at radius 2 is 1.76 bits per heavy atom. The number of nitrogens with one attached hydrogen (secondary N) is 1. The summed E-state index contributed by atoms with van der Waals surface area (Å²) in [6.07, 6.45) is 0. The molecule has 2 aromatic carbocycles. The Morgan fingerprint density at radius 1 is 1.03 bits per heavy atom. The molecule has 1 aromatic heterocycles. The first-order chi connectivity index (χ1) is 13.7. The van der Waals surface area contributed by atoms with E-state index >= 15 is 0 Å². The smallest absolute Gasteiger partial charge is 0.308 e. The van der Waals surface area contributed by atoms with Crippen molar-refractivity contribution >= 4 is 31.6 Å². The molecule has 3 aromatic rings. The standard InChI is InChI=1S/C20H24N2O5S2/c1-12(2)22-17-8-7-15(11-19(17)28-20(22)23)29(24,25)21-13(3)16-10-14(26-4)6-9-18(16)27-5/h6-13,21H,1-5H3/t13-/m1/s1. The highest BCUT2D eigenvalue weighted by Crippen LogP contribution is 2.31. The van der Waals surface area contributed by atoms with E-state index in [9.17, 15) is 13.2 Å².